The van der Waals surface area contributed by atoms with Crippen LogP contribution in [0.25, 0.3) is 0 Å². The van der Waals surface area contributed by atoms with Crippen LogP contribution in [-0.4, -0.2) is 40.2 Å². The molecule has 2 aromatic rings. The Hall–Kier alpha value is -2.07. The maximum atomic E-state index is 14.0. The largest absolute Gasteiger partial charge is 0.345 e. The lowest BCUT2D eigenvalue weighted by atomic mass is 10.1. The highest BCUT2D eigenvalue weighted by Gasteiger charge is 2.33. The van der Waals surface area contributed by atoms with Crippen LogP contribution in [0.5, 0.6) is 0 Å². The predicted octanol–water partition coefficient (Wildman–Crippen LogP) is 1.76. The average molecular weight is 412 g/mol. The third-order valence-electron chi connectivity index (χ3n) is 5.58. The van der Waals surface area contributed by atoms with Crippen LogP contribution >= 0.6 is 0 Å². The molecule has 0 N–H and O–H groups in total. The van der Waals surface area contributed by atoms with E-state index in [0.717, 1.165) is 29.3 Å². The first-order chi connectivity index (χ1) is 13.3. The van der Waals surface area contributed by atoms with E-state index in [1.165, 1.54) is 11.7 Å². The Kier molecular flexibility index (Phi) is 4.86. The van der Waals surface area contributed by atoms with E-state index in [1.54, 1.807) is 4.57 Å². The van der Waals surface area contributed by atoms with Gasteiger partial charge in [-0.1, -0.05) is 0 Å². The van der Waals surface area contributed by atoms with E-state index in [-0.39, 0.29) is 5.69 Å². The van der Waals surface area contributed by atoms with Crippen LogP contribution in [-0.2, 0) is 29.5 Å². The Labute approximate surface area is 161 Å². The van der Waals surface area contributed by atoms with Gasteiger partial charge < -0.3 is 0 Å². The number of rotatable bonds is 5. The lowest BCUT2D eigenvalue weighted by Gasteiger charge is -2.26. The number of nitrogens with zero attached hydrogens (tertiary/aromatic N) is 4. The van der Waals surface area contributed by atoms with Gasteiger partial charge in [0.25, 0.3) is 0 Å². The molecule has 1 atom stereocenters. The molecule has 1 aliphatic heterocycles. The number of halogens is 2. The molecule has 0 amide bonds. The third-order valence-corrected chi connectivity index (χ3v) is 7.52. The summed E-state index contributed by atoms with van der Waals surface area (Å²) in [6.07, 6.45) is 3.60. The van der Waals surface area contributed by atoms with E-state index in [1.807, 2.05) is 0 Å². The Balaban J connectivity index is 1.53. The fourth-order valence-corrected chi connectivity index (χ4v) is 5.14. The summed E-state index contributed by atoms with van der Waals surface area (Å²) in [4.78, 5) is 12.0. The van der Waals surface area contributed by atoms with Crippen molar-refractivity contribution in [3.8, 4) is 0 Å². The molecule has 0 saturated heterocycles. The molecule has 0 bridgehead atoms. The third kappa shape index (κ3) is 3.50. The summed E-state index contributed by atoms with van der Waals surface area (Å²) in [6, 6.07) is 2.02. The van der Waals surface area contributed by atoms with Gasteiger partial charge in [-0.3, -0.25) is 4.57 Å². The molecule has 1 fully saturated rings. The van der Waals surface area contributed by atoms with E-state index < -0.39 is 32.6 Å². The van der Waals surface area contributed by atoms with Crippen LogP contribution in [0.2, 0.25) is 0 Å². The zero-order valence-corrected chi connectivity index (χ0v) is 16.3. The summed E-state index contributed by atoms with van der Waals surface area (Å²) < 4.78 is 57.0. The van der Waals surface area contributed by atoms with Crippen LogP contribution in [0.1, 0.15) is 31.5 Å². The summed E-state index contributed by atoms with van der Waals surface area (Å²) in [5.74, 6) is -0.754. The van der Waals surface area contributed by atoms with Crippen LogP contribution in [0, 0.1) is 17.6 Å². The number of benzene rings is 1. The molecule has 1 aliphatic carbocycles. The Morgan fingerprint density at radius 2 is 1.96 bits per heavy atom. The smallest absolute Gasteiger partial charge is 0.279 e. The lowest BCUT2D eigenvalue weighted by molar-refractivity contribution is 0.327. The Morgan fingerprint density at radius 3 is 2.64 bits per heavy atom. The molecule has 10 heteroatoms. The van der Waals surface area contributed by atoms with Gasteiger partial charge in [0.05, 0.1) is 0 Å². The van der Waals surface area contributed by atoms with E-state index in [2.05, 4.69) is 5.10 Å². The van der Waals surface area contributed by atoms with Crippen molar-refractivity contribution >= 4 is 10.0 Å². The van der Waals surface area contributed by atoms with Crippen molar-refractivity contribution in [2.75, 3.05) is 7.05 Å². The molecule has 2 aliphatic rings. The second-order valence-corrected chi connectivity index (χ2v) is 9.52. The van der Waals surface area contributed by atoms with Crippen molar-refractivity contribution in [1.29, 1.82) is 0 Å². The van der Waals surface area contributed by atoms with Crippen LogP contribution in [0.4, 0.5) is 8.78 Å². The maximum absolute atomic E-state index is 14.0. The number of fused-ring (bicyclic) bond motifs is 1. The van der Waals surface area contributed by atoms with Gasteiger partial charge in [-0.2, -0.15) is 9.40 Å². The van der Waals surface area contributed by atoms with Crippen LogP contribution in [0.15, 0.2) is 27.9 Å². The van der Waals surface area contributed by atoms with Gasteiger partial charge in [-0.15, -0.1) is 0 Å². The maximum Gasteiger partial charge on any atom is 0.345 e. The van der Waals surface area contributed by atoms with Crippen LogP contribution < -0.4 is 5.69 Å². The second kappa shape index (κ2) is 7.07. The monoisotopic (exact) mass is 412 g/mol. The first-order valence-electron chi connectivity index (χ1n) is 9.37. The number of hydrogen-bond donors (Lipinski definition) is 0. The van der Waals surface area contributed by atoms with Crippen molar-refractivity contribution in [3.63, 3.8) is 0 Å². The van der Waals surface area contributed by atoms with Crippen molar-refractivity contribution in [2.45, 2.75) is 56.1 Å². The van der Waals surface area contributed by atoms with Gasteiger partial charge >= 0.3 is 5.69 Å². The minimum absolute atomic E-state index is 0.155. The molecule has 1 aromatic carbocycles. The molecule has 1 aromatic heterocycles. The SMILES string of the molecule is CN(C1CCc2nn(CC3CC3)c(=O)n2CC1)S(=O)(=O)c1ccc(F)cc1F. The van der Waals surface area contributed by atoms with Crippen molar-refractivity contribution < 1.29 is 17.2 Å². The summed E-state index contributed by atoms with van der Waals surface area (Å²) in [5, 5.41) is 4.43. The topological polar surface area (TPSA) is 77.2 Å². The summed E-state index contributed by atoms with van der Waals surface area (Å²) in [6.45, 7) is 0.996. The summed E-state index contributed by atoms with van der Waals surface area (Å²) >= 11 is 0. The highest BCUT2D eigenvalue weighted by molar-refractivity contribution is 7.89. The van der Waals surface area contributed by atoms with E-state index in [4.69, 9.17) is 0 Å². The second-order valence-electron chi connectivity index (χ2n) is 7.55. The minimum Gasteiger partial charge on any atom is -0.279 e. The number of hydrogen-bond acceptors (Lipinski definition) is 4. The summed E-state index contributed by atoms with van der Waals surface area (Å²) in [7, 11) is -2.73. The molecule has 0 radical (unpaired) electrons. The molecule has 2 heterocycles. The van der Waals surface area contributed by atoms with Gasteiger partial charge in [0.1, 0.15) is 22.4 Å². The van der Waals surface area contributed by atoms with E-state index in [0.29, 0.717) is 50.2 Å². The first-order valence-corrected chi connectivity index (χ1v) is 10.8. The normalized spacial score (nSPS) is 20.2. The molecule has 28 heavy (non-hydrogen) atoms. The highest BCUT2D eigenvalue weighted by Crippen LogP contribution is 2.30. The number of aromatic nitrogens is 3. The zero-order valence-electron chi connectivity index (χ0n) is 15.5. The molecule has 0 spiro atoms. The molecular weight excluding hydrogens is 390 g/mol. The minimum atomic E-state index is -4.12. The summed E-state index contributed by atoms with van der Waals surface area (Å²) in [5.41, 5.74) is -0.155. The highest BCUT2D eigenvalue weighted by atomic mass is 32.2. The molecule has 1 unspecified atom stereocenters. The lowest BCUT2D eigenvalue weighted by Crippen LogP contribution is -2.38. The quantitative estimate of drug-likeness (QED) is 0.750. The van der Waals surface area contributed by atoms with Gasteiger partial charge in [0.2, 0.25) is 10.0 Å². The zero-order chi connectivity index (χ0) is 20.1. The molecule has 152 valence electrons. The van der Waals surface area contributed by atoms with E-state index in [9.17, 15) is 22.0 Å². The molecule has 1 saturated carbocycles. The Morgan fingerprint density at radius 1 is 1.21 bits per heavy atom. The predicted molar refractivity (Wildman–Crippen MR) is 97.2 cm³/mol. The fourth-order valence-electron chi connectivity index (χ4n) is 3.68. The average Bonchev–Trinajstić information content (AvgIpc) is 3.43. The molecule has 4 rings (SSSR count). The first kappa shape index (κ1) is 19.3. The molecular formula is C18H22F2N4O3S. The van der Waals surface area contributed by atoms with Gasteiger partial charge in [-0.05, 0) is 43.7 Å². The fraction of sp³-hybridized carbons (Fsp3) is 0.556. The number of sulfonamides is 1. The molecule has 7 nitrogen and oxygen atoms in total. The van der Waals surface area contributed by atoms with Crippen molar-refractivity contribution in [1.82, 2.24) is 18.7 Å². The van der Waals surface area contributed by atoms with E-state index >= 15 is 0 Å². The standard InChI is InChI=1S/C18H22F2N4O3S/c1-22(28(26,27)16-6-4-13(19)10-15(16)20)14-5-7-17-21-24(11-12-2-3-12)18(25)23(17)9-8-14/h4,6,10,12,14H,2-3,5,7-9,11H2,1H3. The van der Waals surface area contributed by atoms with Gasteiger partial charge in [0.15, 0.2) is 0 Å². The van der Waals surface area contributed by atoms with Crippen LogP contribution in [0.3, 0.4) is 0 Å². The van der Waals surface area contributed by atoms with Gasteiger partial charge in [-0.25, -0.2) is 26.7 Å². The van der Waals surface area contributed by atoms with Crippen molar-refractivity contribution in [3.05, 3.63) is 46.1 Å². The van der Waals surface area contributed by atoms with Gasteiger partial charge in [0, 0.05) is 38.7 Å². The number of aryl methyl sites for hydroxylation is 1. The Bertz CT molecular complexity index is 1060. The van der Waals surface area contributed by atoms with Crippen molar-refractivity contribution in [2.24, 2.45) is 5.92 Å².